The lowest BCUT2D eigenvalue weighted by Crippen LogP contribution is -2.23. The maximum absolute atomic E-state index is 10.6. The fourth-order valence-electron chi connectivity index (χ4n) is 4.64. The molecule has 0 radical (unpaired) electrons. The summed E-state index contributed by atoms with van der Waals surface area (Å²) in [6, 6.07) is 0. The molecule has 0 aromatic carbocycles. The van der Waals surface area contributed by atoms with Gasteiger partial charge in [-0.1, -0.05) is 162 Å². The highest BCUT2D eigenvalue weighted by molar-refractivity contribution is 4.72. The van der Waals surface area contributed by atoms with E-state index >= 15 is 0 Å². The molecule has 0 heterocycles. The molecule has 0 aromatic heterocycles. The monoisotopic (exact) mass is 424 g/mol. The minimum atomic E-state index is -0.419. The van der Waals surface area contributed by atoms with Crippen molar-refractivity contribution in [2.24, 2.45) is 0 Å². The van der Waals surface area contributed by atoms with Gasteiger partial charge in [-0.2, -0.15) is 0 Å². The van der Waals surface area contributed by atoms with Gasteiger partial charge in [0.05, 0.1) is 5.60 Å². The van der Waals surface area contributed by atoms with E-state index in [0.717, 1.165) is 12.8 Å². The van der Waals surface area contributed by atoms with Gasteiger partial charge < -0.3 is 5.11 Å². The summed E-state index contributed by atoms with van der Waals surface area (Å²) in [7, 11) is 0. The van der Waals surface area contributed by atoms with E-state index in [1.165, 1.54) is 148 Å². The largest absolute Gasteiger partial charge is 0.390 e. The Balaban J connectivity index is 3.29. The van der Waals surface area contributed by atoms with Gasteiger partial charge in [0.1, 0.15) is 0 Å². The molecular weight excluding hydrogens is 364 g/mol. The van der Waals surface area contributed by atoms with Gasteiger partial charge in [-0.3, -0.25) is 0 Å². The number of hydrogen-bond acceptors (Lipinski definition) is 1. The molecule has 0 amide bonds. The van der Waals surface area contributed by atoms with Gasteiger partial charge in [0, 0.05) is 0 Å². The van der Waals surface area contributed by atoms with Gasteiger partial charge in [-0.25, -0.2) is 0 Å². The molecule has 1 unspecified atom stereocenters. The molecule has 0 bridgehead atoms. The van der Waals surface area contributed by atoms with Crippen LogP contribution in [-0.4, -0.2) is 10.7 Å². The van der Waals surface area contributed by atoms with Crippen LogP contribution in [0.15, 0.2) is 0 Å². The minimum Gasteiger partial charge on any atom is -0.390 e. The van der Waals surface area contributed by atoms with Crippen molar-refractivity contribution in [3.05, 3.63) is 0 Å². The summed E-state index contributed by atoms with van der Waals surface area (Å²) in [5.41, 5.74) is -0.419. The summed E-state index contributed by atoms with van der Waals surface area (Å²) in [5, 5.41) is 10.6. The normalized spacial score (nSPS) is 13.6. The zero-order valence-corrected chi connectivity index (χ0v) is 21.6. The van der Waals surface area contributed by atoms with E-state index in [1.54, 1.807) is 0 Å². The first-order chi connectivity index (χ1) is 14.6. The quantitative estimate of drug-likeness (QED) is 0.144. The second-order valence-electron chi connectivity index (χ2n) is 10.4. The SMILES string of the molecule is CCCCCCCCCCCCCCC(C)(O)CCCCCCCCCCCCC. The maximum Gasteiger partial charge on any atom is 0.0619 e. The lowest BCUT2D eigenvalue weighted by molar-refractivity contribution is 0.0366. The third-order valence-electron chi connectivity index (χ3n) is 6.89. The van der Waals surface area contributed by atoms with Crippen LogP contribution >= 0.6 is 0 Å². The molecule has 0 aliphatic carbocycles. The van der Waals surface area contributed by atoms with E-state index in [2.05, 4.69) is 20.8 Å². The van der Waals surface area contributed by atoms with Crippen LogP contribution in [-0.2, 0) is 0 Å². The summed E-state index contributed by atoms with van der Waals surface area (Å²) in [4.78, 5) is 0. The smallest absolute Gasteiger partial charge is 0.0619 e. The van der Waals surface area contributed by atoms with Crippen LogP contribution in [0.3, 0.4) is 0 Å². The van der Waals surface area contributed by atoms with Crippen LogP contribution in [0.5, 0.6) is 0 Å². The zero-order valence-electron chi connectivity index (χ0n) is 21.6. The van der Waals surface area contributed by atoms with Crippen LogP contribution in [0.4, 0.5) is 0 Å². The Morgan fingerprint density at radius 2 is 0.567 bits per heavy atom. The molecule has 30 heavy (non-hydrogen) atoms. The molecule has 1 heteroatoms. The third kappa shape index (κ3) is 24.2. The van der Waals surface area contributed by atoms with Gasteiger partial charge >= 0.3 is 0 Å². The van der Waals surface area contributed by atoms with Crippen molar-refractivity contribution < 1.29 is 5.11 Å². The Morgan fingerprint density at radius 1 is 0.367 bits per heavy atom. The van der Waals surface area contributed by atoms with Gasteiger partial charge in [-0.15, -0.1) is 0 Å². The summed E-state index contributed by atoms with van der Waals surface area (Å²) in [6.07, 6.45) is 33.9. The topological polar surface area (TPSA) is 20.2 Å². The van der Waals surface area contributed by atoms with Gasteiger partial charge in [-0.05, 0) is 19.8 Å². The Labute approximate surface area is 192 Å². The fraction of sp³-hybridized carbons (Fsp3) is 1.00. The van der Waals surface area contributed by atoms with Crippen molar-refractivity contribution in [2.45, 2.75) is 187 Å². The van der Waals surface area contributed by atoms with Crippen LogP contribution < -0.4 is 0 Å². The Kier molecular flexibility index (Phi) is 23.6. The maximum atomic E-state index is 10.6. The zero-order chi connectivity index (χ0) is 22.2. The van der Waals surface area contributed by atoms with E-state index in [0.29, 0.717) is 0 Å². The molecule has 0 spiro atoms. The fourth-order valence-corrected chi connectivity index (χ4v) is 4.64. The van der Waals surface area contributed by atoms with Crippen LogP contribution in [0.25, 0.3) is 0 Å². The Morgan fingerprint density at radius 3 is 0.800 bits per heavy atom. The molecular formula is C29H60O. The van der Waals surface area contributed by atoms with Crippen molar-refractivity contribution in [1.82, 2.24) is 0 Å². The van der Waals surface area contributed by atoms with Crippen LogP contribution in [0.2, 0.25) is 0 Å². The average Bonchev–Trinajstić information content (AvgIpc) is 2.72. The van der Waals surface area contributed by atoms with Gasteiger partial charge in [0.15, 0.2) is 0 Å². The lowest BCUT2D eigenvalue weighted by atomic mass is 9.91. The lowest BCUT2D eigenvalue weighted by Gasteiger charge is -2.23. The van der Waals surface area contributed by atoms with Gasteiger partial charge in [0.2, 0.25) is 0 Å². The highest BCUT2D eigenvalue weighted by Gasteiger charge is 2.18. The Bertz CT molecular complexity index is 309. The molecule has 0 fully saturated rings. The highest BCUT2D eigenvalue weighted by atomic mass is 16.3. The molecule has 0 saturated heterocycles. The van der Waals surface area contributed by atoms with E-state index in [-0.39, 0.29) is 0 Å². The summed E-state index contributed by atoms with van der Waals surface area (Å²) in [5.74, 6) is 0. The molecule has 0 aromatic rings. The molecule has 0 rings (SSSR count). The predicted molar refractivity (Wildman–Crippen MR) is 137 cm³/mol. The van der Waals surface area contributed by atoms with E-state index in [9.17, 15) is 5.11 Å². The van der Waals surface area contributed by atoms with Gasteiger partial charge in [0.25, 0.3) is 0 Å². The second-order valence-corrected chi connectivity index (χ2v) is 10.4. The first-order valence-corrected chi connectivity index (χ1v) is 14.3. The van der Waals surface area contributed by atoms with Crippen molar-refractivity contribution in [2.75, 3.05) is 0 Å². The standard InChI is InChI=1S/C29H60O/c1-4-6-8-10-12-14-16-18-20-22-24-26-28-29(3,30)27-25-23-21-19-17-15-13-11-9-7-5-2/h30H,4-28H2,1-3H3. The van der Waals surface area contributed by atoms with Crippen LogP contribution in [0.1, 0.15) is 181 Å². The molecule has 0 saturated carbocycles. The van der Waals surface area contributed by atoms with Crippen LogP contribution in [0, 0.1) is 0 Å². The van der Waals surface area contributed by atoms with E-state index in [1.807, 2.05) is 0 Å². The molecule has 1 N–H and O–H groups in total. The summed E-state index contributed by atoms with van der Waals surface area (Å²) < 4.78 is 0. The second kappa shape index (κ2) is 23.6. The third-order valence-corrected chi connectivity index (χ3v) is 6.89. The van der Waals surface area contributed by atoms with Crippen molar-refractivity contribution in [1.29, 1.82) is 0 Å². The van der Waals surface area contributed by atoms with E-state index < -0.39 is 5.60 Å². The summed E-state index contributed by atoms with van der Waals surface area (Å²) >= 11 is 0. The Hall–Kier alpha value is -0.0400. The van der Waals surface area contributed by atoms with Crippen molar-refractivity contribution >= 4 is 0 Å². The number of hydrogen-bond donors (Lipinski definition) is 1. The van der Waals surface area contributed by atoms with Crippen molar-refractivity contribution in [3.8, 4) is 0 Å². The molecule has 0 aliphatic heterocycles. The number of unbranched alkanes of at least 4 members (excludes halogenated alkanes) is 21. The first-order valence-electron chi connectivity index (χ1n) is 14.3. The molecule has 182 valence electrons. The molecule has 1 nitrogen and oxygen atoms in total. The number of aliphatic hydroxyl groups is 1. The van der Waals surface area contributed by atoms with E-state index in [4.69, 9.17) is 0 Å². The predicted octanol–water partition coefficient (Wildman–Crippen LogP) is 10.5. The average molecular weight is 425 g/mol. The highest BCUT2D eigenvalue weighted by Crippen LogP contribution is 2.23. The molecule has 0 aliphatic rings. The van der Waals surface area contributed by atoms with Crippen molar-refractivity contribution in [3.63, 3.8) is 0 Å². The summed E-state index contributed by atoms with van der Waals surface area (Å²) in [6.45, 7) is 6.65. The number of rotatable bonds is 25. The minimum absolute atomic E-state index is 0.419. The first kappa shape index (κ1) is 30.0. The molecule has 1 atom stereocenters.